The molecule has 0 aliphatic heterocycles. The van der Waals surface area contributed by atoms with Crippen LogP contribution in [0.1, 0.15) is 31.9 Å². The Hall–Kier alpha value is -3.35. The van der Waals surface area contributed by atoms with Gasteiger partial charge in [-0.3, -0.25) is 4.57 Å². The van der Waals surface area contributed by atoms with Crippen LogP contribution in [0.2, 0.25) is 0 Å². The summed E-state index contributed by atoms with van der Waals surface area (Å²) in [6, 6.07) is 3.96. The predicted molar refractivity (Wildman–Crippen MR) is 114 cm³/mol. The summed E-state index contributed by atoms with van der Waals surface area (Å²) in [5, 5.41) is 10.6. The first-order chi connectivity index (χ1) is 14.4. The Morgan fingerprint density at radius 2 is 1.90 bits per heavy atom. The van der Waals surface area contributed by atoms with Crippen LogP contribution in [0.5, 0.6) is 0 Å². The fraction of sp³-hybridized carbons (Fsp3) is 0.238. The normalized spacial score (nSPS) is 13.4. The van der Waals surface area contributed by atoms with Crippen molar-refractivity contribution in [3.8, 4) is 17.6 Å². The highest BCUT2D eigenvalue weighted by Gasteiger charge is 2.25. The van der Waals surface area contributed by atoms with Gasteiger partial charge in [-0.15, -0.1) is 0 Å². The van der Waals surface area contributed by atoms with Gasteiger partial charge in [-0.1, -0.05) is 13.0 Å². The van der Waals surface area contributed by atoms with Crippen LogP contribution in [0.3, 0.4) is 0 Å². The number of rotatable bonds is 6. The topological polar surface area (TPSA) is 114 Å². The van der Waals surface area contributed by atoms with E-state index in [1.54, 1.807) is 20.0 Å². The monoisotopic (exact) mass is 420 g/mol. The highest BCUT2D eigenvalue weighted by Crippen LogP contribution is 2.35. The number of hydrogen-bond donors (Lipinski definition) is 1. The van der Waals surface area contributed by atoms with Crippen LogP contribution < -0.4 is 4.72 Å². The number of nitriles is 1. The number of sulfonamides is 1. The van der Waals surface area contributed by atoms with Gasteiger partial charge in [0.2, 0.25) is 10.0 Å². The minimum atomic E-state index is -3.71. The van der Waals surface area contributed by atoms with Gasteiger partial charge in [0.1, 0.15) is 22.3 Å². The summed E-state index contributed by atoms with van der Waals surface area (Å²) in [5.74, 6) is 0.257. The van der Waals surface area contributed by atoms with Crippen molar-refractivity contribution in [1.82, 2.24) is 24.2 Å². The fourth-order valence-corrected chi connectivity index (χ4v) is 4.40. The first-order valence-corrected chi connectivity index (χ1v) is 11.0. The molecule has 3 heterocycles. The Morgan fingerprint density at radius 1 is 1.20 bits per heavy atom. The molecule has 0 bridgehead atoms. The second-order valence-electron chi connectivity index (χ2n) is 7.21. The second-order valence-corrected chi connectivity index (χ2v) is 8.92. The van der Waals surface area contributed by atoms with Crippen LogP contribution >= 0.6 is 0 Å². The van der Waals surface area contributed by atoms with E-state index in [0.717, 1.165) is 23.1 Å². The van der Waals surface area contributed by atoms with Gasteiger partial charge in [-0.25, -0.2) is 28.1 Å². The van der Waals surface area contributed by atoms with E-state index in [1.165, 1.54) is 12.4 Å². The van der Waals surface area contributed by atoms with E-state index in [9.17, 15) is 13.7 Å². The van der Waals surface area contributed by atoms with E-state index >= 15 is 0 Å². The minimum absolute atomic E-state index is 0.0322. The highest BCUT2D eigenvalue weighted by atomic mass is 32.2. The van der Waals surface area contributed by atoms with E-state index in [1.807, 2.05) is 35.8 Å². The maximum absolute atomic E-state index is 12.4. The number of allylic oxidation sites excluding steroid dienone is 4. The molecule has 3 aromatic rings. The molecule has 4 rings (SSSR count). The van der Waals surface area contributed by atoms with E-state index in [-0.39, 0.29) is 16.8 Å². The van der Waals surface area contributed by atoms with Gasteiger partial charge < -0.3 is 0 Å². The van der Waals surface area contributed by atoms with Crippen LogP contribution in [-0.2, 0) is 16.4 Å². The number of nitrogens with zero attached hydrogens (tertiary/aromatic N) is 5. The fourth-order valence-electron chi connectivity index (χ4n) is 3.26. The zero-order valence-electron chi connectivity index (χ0n) is 16.8. The molecule has 0 saturated heterocycles. The quantitative estimate of drug-likeness (QED) is 0.656. The number of pyridine rings is 1. The average molecular weight is 420 g/mol. The van der Waals surface area contributed by atoms with E-state index in [0.29, 0.717) is 16.9 Å². The summed E-state index contributed by atoms with van der Waals surface area (Å²) in [7, 11) is -3.71. The average Bonchev–Trinajstić information content (AvgIpc) is 2.99. The van der Waals surface area contributed by atoms with Gasteiger partial charge in [0.25, 0.3) is 0 Å². The van der Waals surface area contributed by atoms with E-state index in [4.69, 9.17) is 0 Å². The Bertz CT molecular complexity index is 1340. The lowest BCUT2D eigenvalue weighted by Crippen LogP contribution is -2.30. The van der Waals surface area contributed by atoms with Crippen molar-refractivity contribution in [3.63, 3.8) is 0 Å². The van der Waals surface area contributed by atoms with Crippen LogP contribution in [-0.4, -0.2) is 34.0 Å². The van der Waals surface area contributed by atoms with Crippen LogP contribution in [0.4, 0.5) is 0 Å². The van der Waals surface area contributed by atoms with E-state index in [2.05, 4.69) is 25.7 Å². The summed E-state index contributed by atoms with van der Waals surface area (Å²) in [4.78, 5) is 13.1. The lowest BCUT2D eigenvalue weighted by Gasteiger charge is -2.14. The molecule has 1 aliphatic carbocycles. The summed E-state index contributed by atoms with van der Waals surface area (Å²) in [6.07, 6.45) is 10.8. The molecule has 152 valence electrons. The number of hydrogen-bond acceptors (Lipinski definition) is 6. The maximum Gasteiger partial charge on any atom is 0.243 e. The number of nitrogens with one attached hydrogen (secondary N) is 1. The summed E-state index contributed by atoms with van der Waals surface area (Å²) >= 11 is 0. The highest BCUT2D eigenvalue weighted by molar-refractivity contribution is 7.89. The molecule has 1 aliphatic rings. The Balaban J connectivity index is 1.91. The Labute approximate surface area is 174 Å². The molecule has 0 saturated carbocycles. The third kappa shape index (κ3) is 3.30. The summed E-state index contributed by atoms with van der Waals surface area (Å²) < 4.78 is 29.1. The van der Waals surface area contributed by atoms with Gasteiger partial charge in [0.05, 0.1) is 18.0 Å². The van der Waals surface area contributed by atoms with Crippen molar-refractivity contribution in [2.75, 3.05) is 0 Å². The Morgan fingerprint density at radius 3 is 2.43 bits per heavy atom. The maximum atomic E-state index is 12.4. The molecule has 0 aromatic carbocycles. The molecule has 30 heavy (non-hydrogen) atoms. The molecule has 0 unspecified atom stereocenters. The zero-order chi connectivity index (χ0) is 21.5. The molecule has 0 spiro atoms. The molecular formula is C21H20N6O2S. The first kappa shape index (κ1) is 19.9. The molecule has 1 N–H and O–H groups in total. The lowest BCUT2D eigenvalue weighted by molar-refractivity contribution is 0.569. The zero-order valence-corrected chi connectivity index (χ0v) is 17.6. The van der Waals surface area contributed by atoms with Crippen molar-refractivity contribution in [3.05, 3.63) is 54.0 Å². The third-order valence-electron chi connectivity index (χ3n) is 4.72. The molecule has 0 amide bonds. The van der Waals surface area contributed by atoms with Crippen LogP contribution in [0, 0.1) is 11.3 Å². The van der Waals surface area contributed by atoms with Crippen molar-refractivity contribution in [2.24, 2.45) is 0 Å². The van der Waals surface area contributed by atoms with Gasteiger partial charge >= 0.3 is 0 Å². The lowest BCUT2D eigenvalue weighted by atomic mass is 10.1. The minimum Gasteiger partial charge on any atom is -0.290 e. The van der Waals surface area contributed by atoms with Crippen LogP contribution in [0.25, 0.3) is 28.2 Å². The Kier molecular flexibility index (Phi) is 4.97. The largest absolute Gasteiger partial charge is 0.290 e. The number of fused-ring (bicyclic) bond motifs is 1. The van der Waals surface area contributed by atoms with Crippen molar-refractivity contribution < 1.29 is 8.42 Å². The second kappa shape index (κ2) is 7.48. The summed E-state index contributed by atoms with van der Waals surface area (Å²) in [6.45, 7) is 5.50. The number of aromatic nitrogens is 4. The number of aryl methyl sites for hydroxylation is 1. The first-order valence-electron chi connectivity index (χ1n) is 9.52. The third-order valence-corrected chi connectivity index (χ3v) is 6.33. The molecule has 0 fully saturated rings. The molecule has 9 heteroatoms. The standard InChI is InChI=1S/C21H20N6O2S/c1-4-14-8-17-18(9-22)19(27(15-6-5-7-15)21(17)25-10-14)20-23-11-16(12-24-20)30(28,29)26-13(2)3/h5-8,10-13,26H,4H2,1-3H3. The molecule has 8 nitrogen and oxygen atoms in total. The van der Waals surface area contributed by atoms with Gasteiger partial charge in [0, 0.05) is 23.3 Å². The summed E-state index contributed by atoms with van der Waals surface area (Å²) in [5.41, 5.74) is 3.41. The van der Waals surface area contributed by atoms with Crippen LogP contribution in [0.15, 0.2) is 47.8 Å². The van der Waals surface area contributed by atoms with Gasteiger partial charge in [0.15, 0.2) is 5.82 Å². The molecule has 0 radical (unpaired) electrons. The van der Waals surface area contributed by atoms with Gasteiger partial charge in [-0.05, 0) is 44.1 Å². The van der Waals surface area contributed by atoms with Gasteiger partial charge in [-0.2, -0.15) is 5.26 Å². The SMILES string of the molecule is CCc1cnc2c(c1)c(C#N)c(-c1ncc(S(=O)(=O)NC(C)C)cn1)n2C1=CC=C1. The molecule has 0 atom stereocenters. The van der Waals surface area contributed by atoms with Crippen molar-refractivity contribution >= 4 is 26.8 Å². The van der Waals surface area contributed by atoms with Crippen molar-refractivity contribution in [1.29, 1.82) is 5.26 Å². The smallest absolute Gasteiger partial charge is 0.243 e. The molecular weight excluding hydrogens is 400 g/mol. The molecule has 3 aromatic heterocycles. The van der Waals surface area contributed by atoms with E-state index < -0.39 is 10.0 Å². The van der Waals surface area contributed by atoms with Crippen molar-refractivity contribution in [2.45, 2.75) is 38.1 Å². The predicted octanol–water partition coefficient (Wildman–Crippen LogP) is 3.02.